The summed E-state index contributed by atoms with van der Waals surface area (Å²) < 4.78 is 0. The summed E-state index contributed by atoms with van der Waals surface area (Å²) in [7, 11) is 0. The molecule has 0 aromatic heterocycles. The van der Waals surface area contributed by atoms with E-state index in [0.717, 1.165) is 32.5 Å². The zero-order valence-corrected chi connectivity index (χ0v) is 9.20. The van der Waals surface area contributed by atoms with Crippen molar-refractivity contribution in [3.05, 3.63) is 0 Å². The van der Waals surface area contributed by atoms with E-state index in [1.54, 1.807) is 0 Å². The van der Waals surface area contributed by atoms with Crippen LogP contribution in [0.2, 0.25) is 0 Å². The summed E-state index contributed by atoms with van der Waals surface area (Å²) in [5, 5.41) is 15.3. The van der Waals surface area contributed by atoms with E-state index in [1.165, 1.54) is 0 Å². The SMILES string of the molecule is CC(C(=O)NCC1CC(O)C1)C1CNC1. The fourth-order valence-electron chi connectivity index (χ4n) is 2.15. The Hall–Kier alpha value is -0.610. The number of nitrogens with one attached hydrogen (secondary N) is 2. The van der Waals surface area contributed by atoms with E-state index in [-0.39, 0.29) is 17.9 Å². The predicted molar refractivity (Wildman–Crippen MR) is 57.3 cm³/mol. The fourth-order valence-corrected chi connectivity index (χ4v) is 2.15. The maximum absolute atomic E-state index is 11.7. The van der Waals surface area contributed by atoms with Gasteiger partial charge in [-0.1, -0.05) is 6.92 Å². The van der Waals surface area contributed by atoms with E-state index in [9.17, 15) is 4.79 Å². The molecule has 2 fully saturated rings. The smallest absolute Gasteiger partial charge is 0.223 e. The van der Waals surface area contributed by atoms with Gasteiger partial charge in [-0.3, -0.25) is 4.79 Å². The van der Waals surface area contributed by atoms with Gasteiger partial charge >= 0.3 is 0 Å². The zero-order valence-electron chi connectivity index (χ0n) is 9.20. The van der Waals surface area contributed by atoms with Gasteiger partial charge in [-0.25, -0.2) is 0 Å². The Balaban J connectivity index is 1.63. The Kier molecular flexibility index (Phi) is 3.26. The highest BCUT2D eigenvalue weighted by Gasteiger charge is 2.31. The van der Waals surface area contributed by atoms with Crippen molar-refractivity contribution in [3.8, 4) is 0 Å². The van der Waals surface area contributed by atoms with Gasteiger partial charge in [0.2, 0.25) is 5.91 Å². The van der Waals surface area contributed by atoms with Gasteiger partial charge in [0.1, 0.15) is 0 Å². The number of aliphatic hydroxyl groups is 1. The molecule has 0 aromatic rings. The van der Waals surface area contributed by atoms with Crippen LogP contribution < -0.4 is 10.6 Å². The van der Waals surface area contributed by atoms with E-state index in [1.807, 2.05) is 6.92 Å². The lowest BCUT2D eigenvalue weighted by Gasteiger charge is -2.34. The number of carbonyl (C=O) groups excluding carboxylic acids is 1. The molecular weight excluding hydrogens is 192 g/mol. The summed E-state index contributed by atoms with van der Waals surface area (Å²) in [6, 6.07) is 0. The van der Waals surface area contributed by atoms with Gasteiger partial charge in [0.05, 0.1) is 6.10 Å². The van der Waals surface area contributed by atoms with Crippen LogP contribution in [0.15, 0.2) is 0 Å². The molecule has 1 aliphatic heterocycles. The van der Waals surface area contributed by atoms with Crippen LogP contribution in [0.1, 0.15) is 19.8 Å². The Morgan fingerprint density at radius 2 is 2.20 bits per heavy atom. The highest BCUT2D eigenvalue weighted by molar-refractivity contribution is 5.78. The van der Waals surface area contributed by atoms with Gasteiger partial charge in [-0.15, -0.1) is 0 Å². The van der Waals surface area contributed by atoms with Gasteiger partial charge in [-0.2, -0.15) is 0 Å². The number of amides is 1. The molecule has 15 heavy (non-hydrogen) atoms. The summed E-state index contributed by atoms with van der Waals surface area (Å²) in [5.41, 5.74) is 0. The third-order valence-electron chi connectivity index (χ3n) is 3.71. The molecule has 4 nitrogen and oxygen atoms in total. The van der Waals surface area contributed by atoms with Crippen molar-refractivity contribution in [2.45, 2.75) is 25.9 Å². The number of carbonyl (C=O) groups is 1. The number of aliphatic hydroxyl groups excluding tert-OH is 1. The highest BCUT2D eigenvalue weighted by atomic mass is 16.3. The Morgan fingerprint density at radius 3 is 2.67 bits per heavy atom. The Bertz CT molecular complexity index is 235. The molecule has 1 unspecified atom stereocenters. The van der Waals surface area contributed by atoms with Crippen LogP contribution in [-0.4, -0.2) is 36.8 Å². The minimum absolute atomic E-state index is 0.122. The second-order valence-electron chi connectivity index (χ2n) is 4.94. The first-order chi connectivity index (χ1) is 7.16. The van der Waals surface area contributed by atoms with Crippen molar-refractivity contribution in [1.29, 1.82) is 0 Å². The van der Waals surface area contributed by atoms with Crippen LogP contribution in [0.25, 0.3) is 0 Å². The van der Waals surface area contributed by atoms with Crippen LogP contribution in [0.3, 0.4) is 0 Å². The van der Waals surface area contributed by atoms with Crippen LogP contribution in [0, 0.1) is 17.8 Å². The second kappa shape index (κ2) is 4.49. The lowest BCUT2D eigenvalue weighted by molar-refractivity contribution is -0.127. The third kappa shape index (κ3) is 2.49. The average Bonchev–Trinajstić information content (AvgIpc) is 2.07. The minimum atomic E-state index is -0.125. The molecule has 0 aromatic carbocycles. The van der Waals surface area contributed by atoms with E-state index < -0.39 is 0 Å². The van der Waals surface area contributed by atoms with Crippen molar-refractivity contribution in [3.63, 3.8) is 0 Å². The molecule has 1 atom stereocenters. The molecule has 2 rings (SSSR count). The molecule has 0 bridgehead atoms. The molecule has 1 aliphatic carbocycles. The van der Waals surface area contributed by atoms with E-state index in [2.05, 4.69) is 10.6 Å². The van der Waals surface area contributed by atoms with Crippen molar-refractivity contribution < 1.29 is 9.90 Å². The average molecular weight is 212 g/mol. The molecule has 4 heteroatoms. The second-order valence-corrected chi connectivity index (χ2v) is 4.94. The van der Waals surface area contributed by atoms with Crippen molar-refractivity contribution in [2.24, 2.45) is 17.8 Å². The quantitative estimate of drug-likeness (QED) is 0.601. The molecule has 1 heterocycles. The van der Waals surface area contributed by atoms with Gasteiger partial charge in [0, 0.05) is 12.5 Å². The van der Waals surface area contributed by atoms with E-state index >= 15 is 0 Å². The first-order valence-electron chi connectivity index (χ1n) is 5.83. The van der Waals surface area contributed by atoms with Crippen LogP contribution in [0.5, 0.6) is 0 Å². The minimum Gasteiger partial charge on any atom is -0.393 e. The highest BCUT2D eigenvalue weighted by Crippen LogP contribution is 2.26. The van der Waals surface area contributed by atoms with Gasteiger partial charge in [0.25, 0.3) is 0 Å². The van der Waals surface area contributed by atoms with Gasteiger partial charge in [0.15, 0.2) is 0 Å². The van der Waals surface area contributed by atoms with E-state index in [0.29, 0.717) is 11.8 Å². The Morgan fingerprint density at radius 1 is 1.53 bits per heavy atom. The third-order valence-corrected chi connectivity index (χ3v) is 3.71. The summed E-state index contributed by atoms with van der Waals surface area (Å²) in [6.45, 7) is 4.67. The maximum atomic E-state index is 11.7. The first-order valence-corrected chi connectivity index (χ1v) is 5.83. The van der Waals surface area contributed by atoms with Crippen molar-refractivity contribution in [2.75, 3.05) is 19.6 Å². The summed E-state index contributed by atoms with van der Waals surface area (Å²) >= 11 is 0. The van der Waals surface area contributed by atoms with Crippen LogP contribution >= 0.6 is 0 Å². The zero-order chi connectivity index (χ0) is 10.8. The van der Waals surface area contributed by atoms with Crippen molar-refractivity contribution in [1.82, 2.24) is 10.6 Å². The van der Waals surface area contributed by atoms with E-state index in [4.69, 9.17) is 5.11 Å². The van der Waals surface area contributed by atoms with Crippen LogP contribution in [0.4, 0.5) is 0 Å². The summed E-state index contributed by atoms with van der Waals surface area (Å²) in [5.74, 6) is 1.30. The Labute approximate surface area is 90.4 Å². The van der Waals surface area contributed by atoms with Gasteiger partial charge in [-0.05, 0) is 37.8 Å². The molecule has 1 amide bonds. The molecule has 2 aliphatic rings. The standard InChI is InChI=1S/C11H20N2O2/c1-7(9-5-12-6-9)11(15)13-4-8-2-10(14)3-8/h7-10,12,14H,2-6H2,1H3,(H,13,15). The molecular formula is C11H20N2O2. The summed E-state index contributed by atoms with van der Waals surface area (Å²) in [6.07, 6.45) is 1.57. The molecule has 0 radical (unpaired) electrons. The van der Waals surface area contributed by atoms with Gasteiger partial charge < -0.3 is 15.7 Å². The van der Waals surface area contributed by atoms with Crippen molar-refractivity contribution >= 4 is 5.91 Å². The monoisotopic (exact) mass is 212 g/mol. The molecule has 3 N–H and O–H groups in total. The predicted octanol–water partition coefficient (Wildman–Crippen LogP) is -0.271. The fraction of sp³-hybridized carbons (Fsp3) is 0.909. The number of hydrogen-bond donors (Lipinski definition) is 3. The number of rotatable bonds is 4. The first kappa shape index (κ1) is 10.9. The molecule has 1 saturated heterocycles. The molecule has 1 saturated carbocycles. The topological polar surface area (TPSA) is 61.4 Å². The summed E-state index contributed by atoms with van der Waals surface area (Å²) in [4.78, 5) is 11.7. The number of hydrogen-bond acceptors (Lipinski definition) is 3. The molecule has 86 valence electrons. The largest absolute Gasteiger partial charge is 0.393 e. The maximum Gasteiger partial charge on any atom is 0.223 e. The lowest BCUT2D eigenvalue weighted by atomic mass is 9.82. The lowest BCUT2D eigenvalue weighted by Crippen LogP contribution is -2.50. The molecule has 0 spiro atoms. The van der Waals surface area contributed by atoms with Crippen LogP contribution in [-0.2, 0) is 4.79 Å². The normalized spacial score (nSPS) is 32.7.